The monoisotopic (exact) mass is 263 g/mol. The summed E-state index contributed by atoms with van der Waals surface area (Å²) in [4.78, 5) is 20.6. The highest BCUT2D eigenvalue weighted by molar-refractivity contribution is 6.33. The van der Waals surface area contributed by atoms with E-state index in [0.29, 0.717) is 5.82 Å². The molecule has 0 atom stereocenters. The number of carboxylic acids is 1. The summed E-state index contributed by atoms with van der Waals surface area (Å²) in [7, 11) is 1.78. The standard InChI is InChI=1S/C12H10ClN3O2/c1-16(9-3-2-4-14-7-9)11-10(13)5-8(6-15-11)12(17)18/h2-7H,1H3,(H,17,18). The molecule has 0 aliphatic carbocycles. The van der Waals surface area contributed by atoms with Crippen molar-refractivity contribution in [3.8, 4) is 0 Å². The molecule has 0 radical (unpaired) electrons. The first-order valence-electron chi connectivity index (χ1n) is 5.12. The zero-order valence-electron chi connectivity index (χ0n) is 9.54. The van der Waals surface area contributed by atoms with Crippen molar-refractivity contribution < 1.29 is 9.90 Å². The molecular formula is C12H10ClN3O2. The molecule has 0 saturated carbocycles. The van der Waals surface area contributed by atoms with Gasteiger partial charge in [-0.3, -0.25) is 4.98 Å². The molecule has 0 aliphatic rings. The number of aromatic nitrogens is 2. The van der Waals surface area contributed by atoms with Crippen LogP contribution in [0.1, 0.15) is 10.4 Å². The molecule has 2 rings (SSSR count). The van der Waals surface area contributed by atoms with Crippen molar-refractivity contribution in [3.05, 3.63) is 47.4 Å². The van der Waals surface area contributed by atoms with Gasteiger partial charge in [0, 0.05) is 19.4 Å². The van der Waals surface area contributed by atoms with Gasteiger partial charge in [0.25, 0.3) is 0 Å². The van der Waals surface area contributed by atoms with E-state index in [4.69, 9.17) is 16.7 Å². The fourth-order valence-corrected chi connectivity index (χ4v) is 1.76. The first-order valence-corrected chi connectivity index (χ1v) is 5.50. The predicted octanol–water partition coefficient (Wildman–Crippen LogP) is 2.60. The smallest absolute Gasteiger partial charge is 0.337 e. The fourth-order valence-electron chi connectivity index (χ4n) is 1.47. The van der Waals surface area contributed by atoms with Gasteiger partial charge < -0.3 is 10.0 Å². The highest BCUT2D eigenvalue weighted by atomic mass is 35.5. The normalized spacial score (nSPS) is 10.1. The number of nitrogens with zero attached hydrogens (tertiary/aromatic N) is 3. The van der Waals surface area contributed by atoms with E-state index < -0.39 is 5.97 Å². The molecule has 1 N–H and O–H groups in total. The van der Waals surface area contributed by atoms with Crippen molar-refractivity contribution >= 4 is 29.1 Å². The lowest BCUT2D eigenvalue weighted by atomic mass is 10.2. The Morgan fingerprint density at radius 1 is 1.44 bits per heavy atom. The Morgan fingerprint density at radius 2 is 2.22 bits per heavy atom. The van der Waals surface area contributed by atoms with Crippen LogP contribution in [0.3, 0.4) is 0 Å². The van der Waals surface area contributed by atoms with Crippen LogP contribution in [-0.4, -0.2) is 28.1 Å². The molecule has 0 spiro atoms. The quantitative estimate of drug-likeness (QED) is 0.922. The van der Waals surface area contributed by atoms with Gasteiger partial charge in [-0.1, -0.05) is 11.6 Å². The number of halogens is 1. The fraction of sp³-hybridized carbons (Fsp3) is 0.0833. The van der Waals surface area contributed by atoms with Crippen LogP contribution in [0.4, 0.5) is 11.5 Å². The lowest BCUT2D eigenvalue weighted by Crippen LogP contribution is -2.12. The van der Waals surface area contributed by atoms with E-state index in [-0.39, 0.29) is 10.6 Å². The lowest BCUT2D eigenvalue weighted by Gasteiger charge is -2.18. The Hall–Kier alpha value is -2.14. The van der Waals surface area contributed by atoms with E-state index in [1.165, 1.54) is 12.3 Å². The third-order valence-corrected chi connectivity index (χ3v) is 2.70. The number of rotatable bonds is 3. The van der Waals surface area contributed by atoms with Crippen LogP contribution in [0.2, 0.25) is 5.02 Å². The average molecular weight is 264 g/mol. The average Bonchev–Trinajstić information content (AvgIpc) is 2.38. The van der Waals surface area contributed by atoms with Crippen molar-refractivity contribution in [3.63, 3.8) is 0 Å². The highest BCUT2D eigenvalue weighted by Crippen LogP contribution is 2.28. The molecule has 0 amide bonds. The number of anilines is 2. The van der Waals surface area contributed by atoms with Crippen LogP contribution in [0.25, 0.3) is 0 Å². The third kappa shape index (κ3) is 2.41. The number of aromatic carboxylic acids is 1. The Kier molecular flexibility index (Phi) is 3.43. The summed E-state index contributed by atoms with van der Waals surface area (Å²) >= 11 is 6.03. The molecule has 2 aromatic rings. The Bertz CT molecular complexity index is 575. The van der Waals surface area contributed by atoms with E-state index in [1.54, 1.807) is 30.4 Å². The van der Waals surface area contributed by atoms with Gasteiger partial charge in [-0.15, -0.1) is 0 Å². The zero-order valence-corrected chi connectivity index (χ0v) is 10.3. The second-order valence-electron chi connectivity index (χ2n) is 3.60. The van der Waals surface area contributed by atoms with E-state index in [0.717, 1.165) is 5.69 Å². The van der Waals surface area contributed by atoms with Crippen molar-refractivity contribution in [1.29, 1.82) is 0 Å². The van der Waals surface area contributed by atoms with Crippen molar-refractivity contribution in [1.82, 2.24) is 9.97 Å². The second-order valence-corrected chi connectivity index (χ2v) is 4.01. The van der Waals surface area contributed by atoms with E-state index in [9.17, 15) is 4.79 Å². The Labute approximate surface area is 109 Å². The maximum absolute atomic E-state index is 10.8. The summed E-state index contributed by atoms with van der Waals surface area (Å²) in [5.41, 5.74) is 0.873. The molecule has 0 aromatic carbocycles. The third-order valence-electron chi connectivity index (χ3n) is 2.42. The van der Waals surface area contributed by atoms with E-state index in [2.05, 4.69) is 9.97 Å². The molecule has 6 heteroatoms. The van der Waals surface area contributed by atoms with Gasteiger partial charge in [-0.25, -0.2) is 9.78 Å². The first kappa shape index (κ1) is 12.3. The molecule has 0 fully saturated rings. The summed E-state index contributed by atoms with van der Waals surface area (Å²) in [6, 6.07) is 5.03. The Balaban J connectivity index is 2.37. The van der Waals surface area contributed by atoms with Gasteiger partial charge in [0.05, 0.1) is 22.5 Å². The molecule has 18 heavy (non-hydrogen) atoms. The molecule has 2 heterocycles. The molecule has 0 aliphatic heterocycles. The maximum Gasteiger partial charge on any atom is 0.337 e. The van der Waals surface area contributed by atoms with Gasteiger partial charge in [0.2, 0.25) is 0 Å². The highest BCUT2D eigenvalue weighted by Gasteiger charge is 2.13. The molecule has 2 aromatic heterocycles. The molecule has 0 saturated heterocycles. The minimum atomic E-state index is -1.06. The summed E-state index contributed by atoms with van der Waals surface area (Å²) in [5.74, 6) is -0.574. The van der Waals surface area contributed by atoms with Crippen LogP contribution in [0.15, 0.2) is 36.8 Å². The largest absolute Gasteiger partial charge is 0.478 e. The van der Waals surface area contributed by atoms with Gasteiger partial charge in [-0.05, 0) is 18.2 Å². The van der Waals surface area contributed by atoms with Gasteiger partial charge in [0.15, 0.2) is 5.82 Å². The molecule has 0 bridgehead atoms. The first-order chi connectivity index (χ1) is 8.59. The summed E-state index contributed by atoms with van der Waals surface area (Å²) in [6.45, 7) is 0. The number of hydrogen-bond donors (Lipinski definition) is 1. The minimum Gasteiger partial charge on any atom is -0.478 e. The van der Waals surface area contributed by atoms with Crippen LogP contribution in [0.5, 0.6) is 0 Å². The number of carboxylic acid groups (broad SMARTS) is 1. The second kappa shape index (κ2) is 5.01. The van der Waals surface area contributed by atoms with Crippen molar-refractivity contribution in [2.24, 2.45) is 0 Å². The lowest BCUT2D eigenvalue weighted by molar-refractivity contribution is 0.0696. The van der Waals surface area contributed by atoms with Crippen LogP contribution < -0.4 is 4.90 Å². The topological polar surface area (TPSA) is 66.3 Å². The molecule has 0 unspecified atom stereocenters. The number of hydrogen-bond acceptors (Lipinski definition) is 4. The molecule has 92 valence electrons. The van der Waals surface area contributed by atoms with Gasteiger partial charge in [0.1, 0.15) is 0 Å². The zero-order chi connectivity index (χ0) is 13.1. The van der Waals surface area contributed by atoms with Crippen LogP contribution in [0, 0.1) is 0 Å². The summed E-state index contributed by atoms with van der Waals surface area (Å²) < 4.78 is 0. The minimum absolute atomic E-state index is 0.0586. The summed E-state index contributed by atoms with van der Waals surface area (Å²) in [6.07, 6.45) is 4.61. The SMILES string of the molecule is CN(c1cccnc1)c1ncc(C(=O)O)cc1Cl. The van der Waals surface area contributed by atoms with Crippen LogP contribution >= 0.6 is 11.6 Å². The van der Waals surface area contributed by atoms with E-state index in [1.807, 2.05) is 6.07 Å². The van der Waals surface area contributed by atoms with Crippen molar-refractivity contribution in [2.45, 2.75) is 0 Å². The molecule has 5 nitrogen and oxygen atoms in total. The van der Waals surface area contributed by atoms with Crippen LogP contribution in [-0.2, 0) is 0 Å². The number of carbonyl (C=O) groups is 1. The maximum atomic E-state index is 10.8. The van der Waals surface area contributed by atoms with Gasteiger partial charge >= 0.3 is 5.97 Å². The van der Waals surface area contributed by atoms with E-state index >= 15 is 0 Å². The predicted molar refractivity (Wildman–Crippen MR) is 68.5 cm³/mol. The molecular weight excluding hydrogens is 254 g/mol. The van der Waals surface area contributed by atoms with Gasteiger partial charge in [-0.2, -0.15) is 0 Å². The Morgan fingerprint density at radius 3 is 2.78 bits per heavy atom. The number of pyridine rings is 2. The van der Waals surface area contributed by atoms with Crippen molar-refractivity contribution in [2.75, 3.05) is 11.9 Å². The summed E-state index contributed by atoms with van der Waals surface area (Å²) in [5, 5.41) is 9.11.